The zero-order valence-corrected chi connectivity index (χ0v) is 15.1. The van der Waals surface area contributed by atoms with Crippen LogP contribution in [0.4, 0.5) is 10.5 Å². The lowest BCUT2D eigenvalue weighted by Gasteiger charge is -2.13. The van der Waals surface area contributed by atoms with Crippen LogP contribution < -0.4 is 20.3 Å². The van der Waals surface area contributed by atoms with E-state index < -0.39 is 6.10 Å². The molecule has 0 bridgehead atoms. The Kier molecular flexibility index (Phi) is 5.95. The molecule has 0 saturated carbocycles. The van der Waals surface area contributed by atoms with E-state index in [4.69, 9.17) is 4.74 Å². The van der Waals surface area contributed by atoms with Crippen molar-refractivity contribution in [1.82, 2.24) is 10.6 Å². The molecule has 1 fully saturated rings. The van der Waals surface area contributed by atoms with Gasteiger partial charge >= 0.3 is 6.03 Å². The Hall–Kier alpha value is -3.46. The first-order valence-corrected chi connectivity index (χ1v) is 8.77. The summed E-state index contributed by atoms with van der Waals surface area (Å²) < 4.78 is 5.56. The molecule has 2 N–H and O–H groups in total. The molecule has 1 aliphatic rings. The SMILES string of the molecule is CC(Oc1ccccc1)C(=O)NCC#Cc1ccc(N2CCNC2=O)cc1. The van der Waals surface area contributed by atoms with Crippen LogP contribution in [0.5, 0.6) is 5.75 Å². The van der Waals surface area contributed by atoms with Crippen LogP contribution in [0.2, 0.25) is 0 Å². The van der Waals surface area contributed by atoms with Crippen molar-refractivity contribution in [1.29, 1.82) is 0 Å². The van der Waals surface area contributed by atoms with Crippen molar-refractivity contribution in [3.63, 3.8) is 0 Å². The fourth-order valence-electron chi connectivity index (χ4n) is 2.62. The molecule has 2 aromatic rings. The highest BCUT2D eigenvalue weighted by Gasteiger charge is 2.20. The minimum absolute atomic E-state index is 0.0802. The fourth-order valence-corrected chi connectivity index (χ4v) is 2.62. The highest BCUT2D eigenvalue weighted by atomic mass is 16.5. The zero-order chi connectivity index (χ0) is 19.1. The first kappa shape index (κ1) is 18.3. The van der Waals surface area contributed by atoms with E-state index in [2.05, 4.69) is 22.5 Å². The monoisotopic (exact) mass is 363 g/mol. The van der Waals surface area contributed by atoms with Crippen LogP contribution >= 0.6 is 0 Å². The quantitative estimate of drug-likeness (QED) is 0.800. The standard InChI is InChI=1S/C21H21N3O3/c1-16(27-19-7-3-2-4-8-19)20(25)22-13-5-6-17-9-11-18(12-10-17)24-15-14-23-21(24)26/h2-4,7-12,16H,13-15H2,1H3,(H,22,25)(H,23,26). The average molecular weight is 363 g/mol. The third-order valence-corrected chi connectivity index (χ3v) is 4.04. The predicted octanol–water partition coefficient (Wildman–Crippen LogP) is 2.15. The van der Waals surface area contributed by atoms with E-state index in [1.807, 2.05) is 42.5 Å². The van der Waals surface area contributed by atoms with Gasteiger partial charge in [0.25, 0.3) is 5.91 Å². The number of urea groups is 1. The smallest absolute Gasteiger partial charge is 0.321 e. The van der Waals surface area contributed by atoms with Gasteiger partial charge in [0.1, 0.15) is 5.75 Å². The third-order valence-electron chi connectivity index (χ3n) is 4.04. The van der Waals surface area contributed by atoms with Gasteiger partial charge in [0.2, 0.25) is 0 Å². The lowest BCUT2D eigenvalue weighted by molar-refractivity contribution is -0.126. The largest absolute Gasteiger partial charge is 0.481 e. The van der Waals surface area contributed by atoms with Crippen LogP contribution in [0.25, 0.3) is 0 Å². The molecule has 0 radical (unpaired) electrons. The van der Waals surface area contributed by atoms with Crippen LogP contribution in [0.3, 0.4) is 0 Å². The topological polar surface area (TPSA) is 70.7 Å². The Morgan fingerprint density at radius 2 is 1.96 bits per heavy atom. The Morgan fingerprint density at radius 3 is 2.63 bits per heavy atom. The number of amides is 3. The number of nitrogens with one attached hydrogen (secondary N) is 2. The van der Waals surface area contributed by atoms with Crippen LogP contribution in [0.15, 0.2) is 54.6 Å². The van der Waals surface area contributed by atoms with E-state index in [0.717, 1.165) is 11.3 Å². The highest BCUT2D eigenvalue weighted by Crippen LogP contribution is 2.16. The summed E-state index contributed by atoms with van der Waals surface area (Å²) in [5, 5.41) is 5.50. The number of rotatable bonds is 5. The maximum absolute atomic E-state index is 12.0. The third kappa shape index (κ3) is 5.02. The Morgan fingerprint density at radius 1 is 1.22 bits per heavy atom. The molecule has 0 spiro atoms. The molecule has 3 rings (SSSR count). The van der Waals surface area contributed by atoms with Gasteiger partial charge in [0, 0.05) is 24.3 Å². The Balaban J connectivity index is 1.47. The van der Waals surface area contributed by atoms with Gasteiger partial charge < -0.3 is 15.4 Å². The highest BCUT2D eigenvalue weighted by molar-refractivity contribution is 5.94. The molecule has 138 valence electrons. The molecule has 1 unspecified atom stereocenters. The van der Waals surface area contributed by atoms with Crippen molar-refractivity contribution in [2.24, 2.45) is 0 Å². The predicted molar refractivity (Wildman–Crippen MR) is 104 cm³/mol. The van der Waals surface area contributed by atoms with E-state index in [-0.39, 0.29) is 18.5 Å². The van der Waals surface area contributed by atoms with Crippen molar-refractivity contribution in [3.05, 3.63) is 60.2 Å². The summed E-state index contributed by atoms with van der Waals surface area (Å²) in [6.45, 7) is 3.26. The number of para-hydroxylation sites is 1. The lowest BCUT2D eigenvalue weighted by atomic mass is 10.2. The molecule has 27 heavy (non-hydrogen) atoms. The second-order valence-electron chi connectivity index (χ2n) is 6.02. The summed E-state index contributed by atoms with van der Waals surface area (Å²) in [7, 11) is 0. The van der Waals surface area contributed by atoms with Gasteiger partial charge in [-0.25, -0.2) is 4.79 Å². The summed E-state index contributed by atoms with van der Waals surface area (Å²) in [6.07, 6.45) is -0.597. The minimum Gasteiger partial charge on any atom is -0.481 e. The van der Waals surface area contributed by atoms with Crippen LogP contribution in [-0.2, 0) is 4.79 Å². The van der Waals surface area contributed by atoms with Crippen molar-refractivity contribution in [2.45, 2.75) is 13.0 Å². The van der Waals surface area contributed by atoms with Gasteiger partial charge in [-0.1, -0.05) is 30.0 Å². The fraction of sp³-hybridized carbons (Fsp3) is 0.238. The number of hydrogen-bond acceptors (Lipinski definition) is 3. The molecular weight excluding hydrogens is 342 g/mol. The number of ether oxygens (including phenoxy) is 1. The first-order valence-electron chi connectivity index (χ1n) is 8.77. The van der Waals surface area contributed by atoms with Crippen LogP contribution in [0, 0.1) is 11.8 Å². The summed E-state index contributed by atoms with van der Waals surface area (Å²) in [6, 6.07) is 16.6. The number of benzene rings is 2. The molecule has 2 aromatic carbocycles. The minimum atomic E-state index is -0.597. The number of carbonyl (C=O) groups is 2. The molecule has 1 saturated heterocycles. The van der Waals surface area contributed by atoms with Gasteiger partial charge in [-0.15, -0.1) is 0 Å². The van der Waals surface area contributed by atoms with Gasteiger partial charge in [0.15, 0.2) is 6.10 Å². The van der Waals surface area contributed by atoms with Crippen molar-refractivity contribution in [3.8, 4) is 17.6 Å². The molecule has 1 aliphatic heterocycles. The Labute approximate surface area is 158 Å². The van der Waals surface area contributed by atoms with Gasteiger partial charge in [-0.2, -0.15) is 0 Å². The van der Waals surface area contributed by atoms with Crippen molar-refractivity contribution in [2.75, 3.05) is 24.5 Å². The molecule has 0 aromatic heterocycles. The molecule has 1 heterocycles. The van der Waals surface area contributed by atoms with Gasteiger partial charge in [0.05, 0.1) is 6.54 Å². The molecule has 1 atom stereocenters. The molecule has 6 heteroatoms. The van der Waals surface area contributed by atoms with Crippen molar-refractivity contribution < 1.29 is 14.3 Å². The molecule has 0 aliphatic carbocycles. The average Bonchev–Trinajstić information content (AvgIpc) is 3.12. The lowest BCUT2D eigenvalue weighted by Crippen LogP contribution is -2.36. The van der Waals surface area contributed by atoms with E-state index in [0.29, 0.717) is 18.8 Å². The second kappa shape index (κ2) is 8.77. The maximum atomic E-state index is 12.0. The maximum Gasteiger partial charge on any atom is 0.321 e. The number of hydrogen-bond donors (Lipinski definition) is 2. The van der Waals surface area contributed by atoms with Gasteiger partial charge in [-0.3, -0.25) is 9.69 Å². The number of carbonyl (C=O) groups excluding carboxylic acids is 2. The van der Waals surface area contributed by atoms with Crippen LogP contribution in [-0.4, -0.2) is 37.7 Å². The Bertz CT molecular complexity index is 854. The van der Waals surface area contributed by atoms with E-state index >= 15 is 0 Å². The molecule has 3 amide bonds. The summed E-state index contributed by atoms with van der Waals surface area (Å²) in [4.78, 5) is 25.4. The molecular formula is C21H21N3O3. The van der Waals surface area contributed by atoms with Crippen molar-refractivity contribution >= 4 is 17.6 Å². The van der Waals surface area contributed by atoms with Crippen LogP contribution in [0.1, 0.15) is 12.5 Å². The number of nitrogens with zero attached hydrogens (tertiary/aromatic N) is 1. The van der Waals surface area contributed by atoms with E-state index in [1.165, 1.54) is 0 Å². The summed E-state index contributed by atoms with van der Waals surface area (Å²) >= 11 is 0. The first-order chi connectivity index (χ1) is 13.1. The second-order valence-corrected chi connectivity index (χ2v) is 6.02. The molecule has 6 nitrogen and oxygen atoms in total. The summed E-state index contributed by atoms with van der Waals surface area (Å²) in [5.41, 5.74) is 1.66. The van der Waals surface area contributed by atoms with E-state index in [9.17, 15) is 9.59 Å². The van der Waals surface area contributed by atoms with E-state index in [1.54, 1.807) is 24.0 Å². The van der Waals surface area contributed by atoms with Gasteiger partial charge in [-0.05, 0) is 43.3 Å². The summed E-state index contributed by atoms with van der Waals surface area (Å²) in [5.74, 6) is 6.34. The number of anilines is 1. The zero-order valence-electron chi connectivity index (χ0n) is 15.1. The normalized spacial score (nSPS) is 14.0.